The first-order valence-electron chi connectivity index (χ1n) is 3.37. The van der Waals surface area contributed by atoms with Crippen molar-refractivity contribution in [3.63, 3.8) is 0 Å². The third-order valence-corrected chi connectivity index (χ3v) is 2.02. The van der Waals surface area contributed by atoms with Crippen LogP contribution >= 0.6 is 11.8 Å². The largest absolute Gasteiger partial charge is 0.465 e. The Morgan fingerprint density at radius 2 is 2.15 bits per heavy atom. The summed E-state index contributed by atoms with van der Waals surface area (Å²) in [5.74, 6) is -4.79. The number of halogens is 3. The Morgan fingerprint density at radius 3 is 2.46 bits per heavy atom. The van der Waals surface area contributed by atoms with E-state index in [1.807, 2.05) is 0 Å². The van der Waals surface area contributed by atoms with Gasteiger partial charge in [-0.2, -0.15) is 11.8 Å². The molecule has 0 radical (unpaired) electrons. The lowest BCUT2D eigenvalue weighted by Crippen LogP contribution is -2.44. The average Bonchev–Trinajstić information content (AvgIpc) is 2.12. The van der Waals surface area contributed by atoms with Crippen LogP contribution in [0.15, 0.2) is 0 Å². The van der Waals surface area contributed by atoms with Crippen molar-refractivity contribution in [3.8, 4) is 0 Å². The highest BCUT2D eigenvalue weighted by molar-refractivity contribution is 7.98. The van der Waals surface area contributed by atoms with Crippen LogP contribution in [0.25, 0.3) is 0 Å². The van der Waals surface area contributed by atoms with E-state index in [9.17, 15) is 18.1 Å². The second-order valence-corrected chi connectivity index (χ2v) is 3.21. The molecular weight excluding hydrogens is 207 g/mol. The van der Waals surface area contributed by atoms with Gasteiger partial charge in [0.2, 0.25) is 0 Å². The first-order valence-corrected chi connectivity index (χ1v) is 4.76. The standard InChI is InChI=1S/C6H10F3NO2S/c1-12-5(11)6(7,10(8)9)3-4-13-2/h3-4H2,1-2H3/t6-/m0/s1. The summed E-state index contributed by atoms with van der Waals surface area (Å²) in [7, 11) is 0.860. The molecule has 0 aromatic rings. The van der Waals surface area contributed by atoms with E-state index in [-0.39, 0.29) is 5.75 Å². The van der Waals surface area contributed by atoms with Crippen LogP contribution in [-0.4, -0.2) is 36.2 Å². The van der Waals surface area contributed by atoms with Gasteiger partial charge in [0.1, 0.15) is 0 Å². The molecule has 0 spiro atoms. The highest BCUT2D eigenvalue weighted by Gasteiger charge is 2.48. The van der Waals surface area contributed by atoms with Crippen LogP contribution in [0.3, 0.4) is 0 Å². The van der Waals surface area contributed by atoms with E-state index in [1.54, 1.807) is 6.26 Å². The lowest BCUT2D eigenvalue weighted by molar-refractivity contribution is -0.277. The number of ether oxygens (including phenoxy) is 1. The van der Waals surface area contributed by atoms with Crippen molar-refractivity contribution in [2.75, 3.05) is 19.1 Å². The smallest absolute Gasteiger partial charge is 0.364 e. The van der Waals surface area contributed by atoms with Crippen LogP contribution in [0.4, 0.5) is 13.4 Å². The number of rotatable bonds is 5. The molecule has 0 saturated heterocycles. The maximum Gasteiger partial charge on any atom is 0.364 e. The Kier molecular flexibility index (Phi) is 5.16. The van der Waals surface area contributed by atoms with Crippen LogP contribution in [0.1, 0.15) is 6.42 Å². The lowest BCUT2D eigenvalue weighted by atomic mass is 10.2. The Hall–Kier alpha value is -0.430. The third kappa shape index (κ3) is 3.07. The second-order valence-electron chi connectivity index (χ2n) is 2.23. The van der Waals surface area contributed by atoms with Gasteiger partial charge in [-0.3, -0.25) is 0 Å². The van der Waals surface area contributed by atoms with Crippen LogP contribution in [-0.2, 0) is 9.53 Å². The third-order valence-electron chi connectivity index (χ3n) is 1.40. The maximum atomic E-state index is 13.2. The molecule has 0 aliphatic heterocycles. The number of carbonyl (C=O) groups excluding carboxylic acids is 1. The summed E-state index contributed by atoms with van der Waals surface area (Å²) in [5, 5.41) is -1.75. The van der Waals surface area contributed by atoms with E-state index in [1.165, 1.54) is 11.8 Å². The topological polar surface area (TPSA) is 29.5 Å². The van der Waals surface area contributed by atoms with Gasteiger partial charge in [-0.15, -0.1) is 0 Å². The fourth-order valence-corrected chi connectivity index (χ4v) is 1.12. The molecule has 0 N–H and O–H groups in total. The molecule has 0 aromatic heterocycles. The number of alkyl halides is 1. The molecular formula is C6H10F3NO2S. The number of hydrogen-bond donors (Lipinski definition) is 0. The molecule has 1 atom stereocenters. The molecule has 0 heterocycles. The lowest BCUT2D eigenvalue weighted by Gasteiger charge is -2.21. The molecule has 7 heteroatoms. The molecule has 3 nitrogen and oxygen atoms in total. The highest BCUT2D eigenvalue weighted by atomic mass is 32.2. The second kappa shape index (κ2) is 5.33. The van der Waals surface area contributed by atoms with E-state index in [0.29, 0.717) is 0 Å². The minimum absolute atomic E-state index is 0.107. The van der Waals surface area contributed by atoms with E-state index in [2.05, 4.69) is 4.74 Å². The molecule has 0 amide bonds. The molecule has 0 aliphatic rings. The first kappa shape index (κ1) is 12.6. The minimum Gasteiger partial charge on any atom is -0.465 e. The van der Waals surface area contributed by atoms with Crippen molar-refractivity contribution in [1.82, 2.24) is 5.34 Å². The van der Waals surface area contributed by atoms with Gasteiger partial charge in [0.15, 0.2) is 0 Å². The average molecular weight is 217 g/mol. The molecule has 0 fully saturated rings. The van der Waals surface area contributed by atoms with E-state index >= 15 is 0 Å². The highest BCUT2D eigenvalue weighted by Crippen LogP contribution is 2.26. The normalized spacial score (nSPS) is 15.5. The Bertz CT molecular complexity index is 181. The summed E-state index contributed by atoms with van der Waals surface area (Å²) in [5.41, 5.74) is 0. The summed E-state index contributed by atoms with van der Waals surface area (Å²) in [6.45, 7) is 0. The van der Waals surface area contributed by atoms with Crippen LogP contribution in [0.5, 0.6) is 0 Å². The van der Waals surface area contributed by atoms with Gasteiger partial charge in [0.25, 0.3) is 0 Å². The number of carbonyl (C=O) groups is 1. The van der Waals surface area contributed by atoms with Gasteiger partial charge in [0.05, 0.1) is 12.5 Å². The Balaban J connectivity index is 4.43. The summed E-state index contributed by atoms with van der Waals surface area (Å²) in [6, 6.07) is 0. The quantitative estimate of drug-likeness (QED) is 0.398. The molecule has 13 heavy (non-hydrogen) atoms. The van der Waals surface area contributed by atoms with Gasteiger partial charge >= 0.3 is 11.8 Å². The van der Waals surface area contributed by atoms with E-state index in [0.717, 1.165) is 7.11 Å². The predicted molar refractivity (Wildman–Crippen MR) is 42.9 cm³/mol. The van der Waals surface area contributed by atoms with Crippen molar-refractivity contribution >= 4 is 17.7 Å². The molecule has 0 rings (SSSR count). The zero-order valence-corrected chi connectivity index (χ0v) is 8.04. The van der Waals surface area contributed by atoms with Gasteiger partial charge in [-0.25, -0.2) is 9.18 Å². The predicted octanol–water partition coefficient (Wildman–Crippen LogP) is 1.65. The fraction of sp³-hybridized carbons (Fsp3) is 0.833. The number of nitrogens with zero attached hydrogens (tertiary/aromatic N) is 1. The molecule has 0 unspecified atom stereocenters. The van der Waals surface area contributed by atoms with Gasteiger partial charge in [0, 0.05) is 6.42 Å². The van der Waals surface area contributed by atoms with Gasteiger partial charge in [-0.1, -0.05) is 8.96 Å². The molecule has 78 valence electrons. The van der Waals surface area contributed by atoms with Crippen molar-refractivity contribution in [2.24, 2.45) is 0 Å². The number of hydrogen-bond acceptors (Lipinski definition) is 4. The summed E-state index contributed by atoms with van der Waals surface area (Å²) < 4.78 is 41.1. The first-order chi connectivity index (χ1) is 5.99. The van der Waals surface area contributed by atoms with E-state index < -0.39 is 23.5 Å². The molecule has 0 aliphatic carbocycles. The monoisotopic (exact) mass is 217 g/mol. The number of methoxy groups -OCH3 is 1. The van der Waals surface area contributed by atoms with Crippen LogP contribution in [0.2, 0.25) is 0 Å². The van der Waals surface area contributed by atoms with Crippen molar-refractivity contribution in [3.05, 3.63) is 0 Å². The number of thioether (sulfide) groups is 1. The zero-order valence-electron chi connectivity index (χ0n) is 7.22. The number of esters is 1. The fourth-order valence-electron chi connectivity index (χ4n) is 0.649. The van der Waals surface area contributed by atoms with Crippen molar-refractivity contribution in [2.45, 2.75) is 12.2 Å². The summed E-state index contributed by atoms with van der Waals surface area (Å²) >= 11 is 1.17. The molecule has 0 aromatic carbocycles. The summed E-state index contributed by atoms with van der Waals surface area (Å²) in [6.07, 6.45) is 1.02. The van der Waals surface area contributed by atoms with Crippen molar-refractivity contribution < 1.29 is 22.9 Å². The summed E-state index contributed by atoms with van der Waals surface area (Å²) in [4.78, 5) is 10.7. The SMILES string of the molecule is COC(=O)[C@](F)(CCSC)N(F)F. The molecule has 0 bridgehead atoms. The Morgan fingerprint density at radius 1 is 1.62 bits per heavy atom. The van der Waals surface area contributed by atoms with Crippen molar-refractivity contribution in [1.29, 1.82) is 0 Å². The zero-order chi connectivity index (χ0) is 10.5. The van der Waals surface area contributed by atoms with Gasteiger partial charge < -0.3 is 4.74 Å². The van der Waals surface area contributed by atoms with Crippen LogP contribution < -0.4 is 0 Å². The minimum atomic E-state index is -3.32. The molecule has 0 saturated carbocycles. The Labute approximate surface area is 78.1 Å². The van der Waals surface area contributed by atoms with Crippen LogP contribution in [0, 0.1) is 0 Å². The van der Waals surface area contributed by atoms with Gasteiger partial charge in [-0.05, 0) is 12.0 Å². The van der Waals surface area contributed by atoms with E-state index in [4.69, 9.17) is 0 Å². The maximum absolute atomic E-state index is 13.2.